The molecule has 1 saturated heterocycles. The molecule has 21 heavy (non-hydrogen) atoms. The number of hydrogen-bond acceptors (Lipinski definition) is 3. The predicted octanol–water partition coefficient (Wildman–Crippen LogP) is 1.47. The fourth-order valence-corrected chi connectivity index (χ4v) is 2.77. The number of carboxylic acid groups (broad SMARTS) is 1. The van der Waals surface area contributed by atoms with Crippen LogP contribution in [0.15, 0.2) is 0 Å². The Bertz CT molecular complexity index is 360. The van der Waals surface area contributed by atoms with Crippen LogP contribution in [0.1, 0.15) is 33.6 Å². The van der Waals surface area contributed by atoms with E-state index in [4.69, 9.17) is 0 Å². The maximum atomic E-state index is 12.4. The van der Waals surface area contributed by atoms with E-state index in [9.17, 15) is 14.7 Å². The van der Waals surface area contributed by atoms with Crippen LogP contribution in [0.2, 0.25) is 0 Å². The number of carbonyl (C=O) groups excluding carboxylic acids is 1. The summed E-state index contributed by atoms with van der Waals surface area (Å²) in [6.45, 7) is 8.59. The molecule has 1 aliphatic heterocycles. The number of amides is 2. The number of carboxylic acids is 1. The number of rotatable bonds is 5. The molecule has 0 aliphatic carbocycles. The molecule has 0 bridgehead atoms. The van der Waals surface area contributed by atoms with Gasteiger partial charge >= 0.3 is 12.0 Å². The van der Waals surface area contributed by atoms with E-state index in [0.717, 1.165) is 32.5 Å². The van der Waals surface area contributed by atoms with Crippen molar-refractivity contribution >= 4 is 12.0 Å². The van der Waals surface area contributed by atoms with Crippen molar-refractivity contribution in [1.29, 1.82) is 0 Å². The summed E-state index contributed by atoms with van der Waals surface area (Å²) < 4.78 is 0. The van der Waals surface area contributed by atoms with E-state index >= 15 is 0 Å². The number of nitrogens with zero attached hydrogens (tertiary/aromatic N) is 2. The highest BCUT2D eigenvalue weighted by atomic mass is 16.4. The van der Waals surface area contributed by atoms with Crippen LogP contribution < -0.4 is 5.32 Å². The second kappa shape index (κ2) is 8.22. The second-order valence-corrected chi connectivity index (χ2v) is 6.25. The predicted molar refractivity (Wildman–Crippen MR) is 82.3 cm³/mol. The number of likely N-dealkylation sites (N-methyl/N-ethyl adjacent to an activating group) is 1. The first-order valence-corrected chi connectivity index (χ1v) is 7.82. The van der Waals surface area contributed by atoms with Crippen molar-refractivity contribution < 1.29 is 14.7 Å². The van der Waals surface area contributed by atoms with Crippen molar-refractivity contribution in [3.63, 3.8) is 0 Å². The Kier molecular flexibility index (Phi) is 6.95. The first-order valence-electron chi connectivity index (χ1n) is 7.82. The summed E-state index contributed by atoms with van der Waals surface area (Å²) in [5.41, 5.74) is 0. The van der Waals surface area contributed by atoms with Crippen molar-refractivity contribution in [2.75, 3.05) is 33.2 Å². The number of urea groups is 1. The number of nitrogens with one attached hydrogen (secondary N) is 1. The molecule has 2 N–H and O–H groups in total. The Morgan fingerprint density at radius 1 is 1.33 bits per heavy atom. The van der Waals surface area contributed by atoms with E-state index in [1.54, 1.807) is 0 Å². The third-order valence-electron chi connectivity index (χ3n) is 4.23. The van der Waals surface area contributed by atoms with Gasteiger partial charge in [-0.3, -0.25) is 4.79 Å². The molecule has 0 aromatic carbocycles. The van der Waals surface area contributed by atoms with Crippen LogP contribution >= 0.6 is 0 Å². The van der Waals surface area contributed by atoms with Gasteiger partial charge in [-0.25, -0.2) is 4.79 Å². The largest absolute Gasteiger partial charge is 0.481 e. The standard InChI is InChI=1S/C15H29N3O3/c1-5-12-10-17(4)7-6-8-18(12)15(21)16-9-13(11(2)3)14(19)20/h11-13H,5-10H2,1-4H3,(H,16,21)(H,19,20). The zero-order chi connectivity index (χ0) is 16.0. The Labute approximate surface area is 127 Å². The lowest BCUT2D eigenvalue weighted by molar-refractivity contribution is -0.142. The van der Waals surface area contributed by atoms with Gasteiger partial charge in [0.15, 0.2) is 0 Å². The second-order valence-electron chi connectivity index (χ2n) is 6.25. The van der Waals surface area contributed by atoms with Gasteiger partial charge in [0.2, 0.25) is 0 Å². The van der Waals surface area contributed by atoms with Gasteiger partial charge in [-0.2, -0.15) is 0 Å². The molecule has 0 spiro atoms. The van der Waals surface area contributed by atoms with E-state index in [2.05, 4.69) is 24.2 Å². The SMILES string of the molecule is CCC1CN(C)CCCN1C(=O)NCC(C(=O)O)C(C)C. The van der Waals surface area contributed by atoms with E-state index in [1.807, 2.05) is 18.7 Å². The quantitative estimate of drug-likeness (QED) is 0.806. The third kappa shape index (κ3) is 5.19. The molecule has 122 valence electrons. The Hall–Kier alpha value is -1.30. The monoisotopic (exact) mass is 299 g/mol. The molecule has 6 heteroatoms. The number of carbonyl (C=O) groups is 2. The highest BCUT2D eigenvalue weighted by molar-refractivity contribution is 5.76. The lowest BCUT2D eigenvalue weighted by Gasteiger charge is -2.31. The minimum Gasteiger partial charge on any atom is -0.481 e. The minimum absolute atomic E-state index is 0.0000361. The van der Waals surface area contributed by atoms with Gasteiger partial charge in [-0.05, 0) is 32.4 Å². The van der Waals surface area contributed by atoms with Crippen LogP contribution in [0.4, 0.5) is 4.79 Å². The zero-order valence-electron chi connectivity index (χ0n) is 13.6. The van der Waals surface area contributed by atoms with Gasteiger partial charge in [-0.15, -0.1) is 0 Å². The van der Waals surface area contributed by atoms with Gasteiger partial charge in [-0.1, -0.05) is 20.8 Å². The summed E-state index contributed by atoms with van der Waals surface area (Å²) in [6, 6.07) is 0.0591. The highest BCUT2D eigenvalue weighted by Gasteiger charge is 2.28. The van der Waals surface area contributed by atoms with Gasteiger partial charge in [0.1, 0.15) is 0 Å². The summed E-state index contributed by atoms with van der Waals surface area (Å²) in [5.74, 6) is -1.39. The van der Waals surface area contributed by atoms with Crippen molar-refractivity contribution in [3.05, 3.63) is 0 Å². The molecule has 2 amide bonds. The van der Waals surface area contributed by atoms with E-state index in [1.165, 1.54) is 0 Å². The minimum atomic E-state index is -0.854. The Morgan fingerprint density at radius 3 is 2.52 bits per heavy atom. The summed E-state index contributed by atoms with van der Waals surface area (Å²) in [5, 5.41) is 12.0. The Balaban J connectivity index is 2.62. The molecule has 6 nitrogen and oxygen atoms in total. The smallest absolute Gasteiger partial charge is 0.317 e. The maximum Gasteiger partial charge on any atom is 0.317 e. The lowest BCUT2D eigenvalue weighted by atomic mass is 9.96. The molecule has 1 heterocycles. The van der Waals surface area contributed by atoms with Gasteiger partial charge < -0.3 is 20.2 Å². The molecular weight excluding hydrogens is 270 g/mol. The average Bonchev–Trinajstić information content (AvgIpc) is 2.59. The fraction of sp³-hybridized carbons (Fsp3) is 0.867. The fourth-order valence-electron chi connectivity index (χ4n) is 2.77. The first kappa shape index (κ1) is 17.8. The summed E-state index contributed by atoms with van der Waals surface area (Å²) in [4.78, 5) is 27.7. The summed E-state index contributed by atoms with van der Waals surface area (Å²) >= 11 is 0. The normalized spacial score (nSPS) is 22.0. The van der Waals surface area contributed by atoms with E-state index in [0.29, 0.717) is 0 Å². The van der Waals surface area contributed by atoms with Crippen LogP contribution in [0.3, 0.4) is 0 Å². The van der Waals surface area contributed by atoms with Crippen LogP contribution in [0.25, 0.3) is 0 Å². The molecule has 2 atom stereocenters. The van der Waals surface area contributed by atoms with Crippen LogP contribution in [0.5, 0.6) is 0 Å². The topological polar surface area (TPSA) is 72.9 Å². The molecule has 0 aromatic rings. The van der Waals surface area contributed by atoms with Crippen LogP contribution in [-0.4, -0.2) is 66.2 Å². The van der Waals surface area contributed by atoms with Gasteiger partial charge in [0.25, 0.3) is 0 Å². The van der Waals surface area contributed by atoms with Crippen molar-refractivity contribution in [3.8, 4) is 0 Å². The molecule has 1 aliphatic rings. The van der Waals surface area contributed by atoms with Crippen molar-refractivity contribution in [2.45, 2.75) is 39.7 Å². The number of aliphatic carboxylic acids is 1. The van der Waals surface area contributed by atoms with Crippen LogP contribution in [-0.2, 0) is 4.79 Å². The molecule has 1 fully saturated rings. The first-order chi connectivity index (χ1) is 9.86. The molecule has 0 saturated carbocycles. The Morgan fingerprint density at radius 2 is 2.00 bits per heavy atom. The molecular formula is C15H29N3O3. The van der Waals surface area contributed by atoms with Crippen molar-refractivity contribution in [1.82, 2.24) is 15.1 Å². The molecule has 0 radical (unpaired) electrons. The summed E-state index contributed by atoms with van der Waals surface area (Å²) in [7, 11) is 2.07. The molecule has 1 rings (SSSR count). The molecule has 2 unspecified atom stereocenters. The zero-order valence-corrected chi connectivity index (χ0v) is 13.6. The third-order valence-corrected chi connectivity index (χ3v) is 4.23. The average molecular weight is 299 g/mol. The van der Waals surface area contributed by atoms with Gasteiger partial charge in [0, 0.05) is 25.7 Å². The lowest BCUT2D eigenvalue weighted by Crippen LogP contribution is -2.50. The molecule has 0 aromatic heterocycles. The summed E-state index contributed by atoms with van der Waals surface area (Å²) in [6.07, 6.45) is 1.86. The number of hydrogen-bond donors (Lipinski definition) is 2. The van der Waals surface area contributed by atoms with Crippen molar-refractivity contribution in [2.24, 2.45) is 11.8 Å². The van der Waals surface area contributed by atoms with Crippen LogP contribution in [0, 0.1) is 11.8 Å². The maximum absolute atomic E-state index is 12.4. The van der Waals surface area contributed by atoms with Gasteiger partial charge in [0.05, 0.1) is 5.92 Å². The highest BCUT2D eigenvalue weighted by Crippen LogP contribution is 2.13. The van der Waals surface area contributed by atoms with E-state index < -0.39 is 11.9 Å². The van der Waals surface area contributed by atoms with E-state index in [-0.39, 0.29) is 24.5 Å².